The first-order chi connectivity index (χ1) is 18.1. The zero-order valence-electron chi connectivity index (χ0n) is 22.2. The Hall–Kier alpha value is -3.39. The number of carbonyl (C=O) groups is 1. The van der Waals surface area contributed by atoms with Gasteiger partial charge < -0.3 is 20.7 Å². The number of pyridine rings is 2. The predicted octanol–water partition coefficient (Wildman–Crippen LogP) is 7.04. The van der Waals surface area contributed by atoms with Crippen LogP contribution in [0.4, 0.5) is 20.8 Å². The van der Waals surface area contributed by atoms with E-state index in [0.717, 1.165) is 36.2 Å². The average molecular weight is 540 g/mol. The minimum absolute atomic E-state index is 0.0726. The van der Waals surface area contributed by atoms with Crippen molar-refractivity contribution in [3.8, 4) is 11.3 Å². The van der Waals surface area contributed by atoms with E-state index >= 15 is 0 Å². The molecule has 0 saturated heterocycles. The molecule has 0 radical (unpaired) electrons. The first-order valence-electron chi connectivity index (χ1n) is 12.9. The van der Waals surface area contributed by atoms with Crippen molar-refractivity contribution in [2.75, 3.05) is 10.6 Å². The molecule has 7 nitrogen and oxygen atoms in total. The highest BCUT2D eigenvalue weighted by Gasteiger charge is 2.30. The van der Waals surface area contributed by atoms with Gasteiger partial charge in [-0.15, -0.1) is 0 Å². The molecule has 0 aliphatic heterocycles. The van der Waals surface area contributed by atoms with Crippen molar-refractivity contribution < 1.29 is 13.9 Å². The zero-order chi connectivity index (χ0) is 27.3. The SMILES string of the molecule is C[C@H]1C[C@@H](Nc2cc(-c3cccc(NCc4cccc(F)c4)n3)c(Cl)cn2)CC[C@@H]1NC(=O)OC(C)(C)C. The number of alkyl carbamates (subject to hydrolysis) is 1. The summed E-state index contributed by atoms with van der Waals surface area (Å²) in [5.41, 5.74) is 1.79. The molecule has 1 aliphatic rings. The fourth-order valence-corrected chi connectivity index (χ4v) is 4.85. The molecule has 0 spiro atoms. The molecular weight excluding hydrogens is 505 g/mol. The molecule has 3 N–H and O–H groups in total. The van der Waals surface area contributed by atoms with E-state index in [0.29, 0.717) is 23.1 Å². The number of benzene rings is 1. The highest BCUT2D eigenvalue weighted by atomic mass is 35.5. The van der Waals surface area contributed by atoms with Crippen LogP contribution in [-0.2, 0) is 11.3 Å². The Morgan fingerprint density at radius 1 is 1.13 bits per heavy atom. The van der Waals surface area contributed by atoms with Crippen molar-refractivity contribution in [1.82, 2.24) is 15.3 Å². The molecule has 4 rings (SSSR count). The Balaban J connectivity index is 1.38. The third-order valence-electron chi connectivity index (χ3n) is 6.47. The van der Waals surface area contributed by atoms with E-state index < -0.39 is 5.60 Å². The summed E-state index contributed by atoms with van der Waals surface area (Å²) < 4.78 is 18.9. The van der Waals surface area contributed by atoms with E-state index in [1.54, 1.807) is 12.3 Å². The third kappa shape index (κ3) is 7.81. The number of amides is 1. The van der Waals surface area contributed by atoms with Crippen molar-refractivity contribution >= 4 is 29.3 Å². The van der Waals surface area contributed by atoms with Gasteiger partial charge in [0.15, 0.2) is 0 Å². The Bertz CT molecular complexity index is 1270. The lowest BCUT2D eigenvalue weighted by molar-refractivity contribution is 0.0471. The van der Waals surface area contributed by atoms with Crippen LogP contribution in [-0.4, -0.2) is 33.7 Å². The van der Waals surface area contributed by atoms with Crippen LogP contribution < -0.4 is 16.0 Å². The number of carbonyl (C=O) groups excluding carboxylic acids is 1. The molecule has 1 amide bonds. The van der Waals surface area contributed by atoms with E-state index in [-0.39, 0.29) is 29.9 Å². The highest BCUT2D eigenvalue weighted by molar-refractivity contribution is 6.33. The Morgan fingerprint density at radius 3 is 2.66 bits per heavy atom. The van der Waals surface area contributed by atoms with Crippen molar-refractivity contribution in [1.29, 1.82) is 0 Å². The number of halogens is 2. The quantitative estimate of drug-likeness (QED) is 0.298. The number of aromatic nitrogens is 2. The third-order valence-corrected chi connectivity index (χ3v) is 6.77. The van der Waals surface area contributed by atoms with E-state index in [4.69, 9.17) is 21.3 Å². The molecule has 0 bridgehead atoms. The van der Waals surface area contributed by atoms with E-state index in [1.165, 1.54) is 12.1 Å². The summed E-state index contributed by atoms with van der Waals surface area (Å²) in [6.45, 7) is 8.18. The molecular formula is C29H35ClFN5O2. The lowest BCUT2D eigenvalue weighted by atomic mass is 9.83. The molecule has 3 atom stereocenters. The van der Waals surface area contributed by atoms with Crippen molar-refractivity contribution in [2.45, 2.75) is 71.2 Å². The number of nitrogens with zero attached hydrogens (tertiary/aromatic N) is 2. The number of hydrogen-bond acceptors (Lipinski definition) is 6. The maximum Gasteiger partial charge on any atom is 0.407 e. The van der Waals surface area contributed by atoms with Gasteiger partial charge in [-0.05, 0) is 81.8 Å². The summed E-state index contributed by atoms with van der Waals surface area (Å²) in [5, 5.41) is 10.3. The molecule has 2 aromatic heterocycles. The summed E-state index contributed by atoms with van der Waals surface area (Å²) in [7, 11) is 0. The molecule has 3 aromatic rings. The molecule has 1 fully saturated rings. The smallest absolute Gasteiger partial charge is 0.407 e. The van der Waals surface area contributed by atoms with Gasteiger partial charge >= 0.3 is 6.09 Å². The molecule has 2 heterocycles. The number of rotatable bonds is 7. The van der Waals surface area contributed by atoms with Crippen molar-refractivity contribution in [3.63, 3.8) is 0 Å². The van der Waals surface area contributed by atoms with Crippen molar-refractivity contribution in [3.05, 3.63) is 71.1 Å². The van der Waals surface area contributed by atoms with Gasteiger partial charge in [0.05, 0.1) is 10.7 Å². The fraction of sp³-hybridized carbons (Fsp3) is 0.414. The minimum atomic E-state index is -0.518. The number of ether oxygens (including phenoxy) is 1. The van der Waals surface area contributed by atoms with E-state index in [9.17, 15) is 9.18 Å². The van der Waals surface area contributed by atoms with E-state index in [2.05, 4.69) is 27.9 Å². The van der Waals surface area contributed by atoms with Gasteiger partial charge in [-0.2, -0.15) is 0 Å². The van der Waals surface area contributed by atoms with Gasteiger partial charge in [-0.1, -0.05) is 36.7 Å². The normalized spacial score (nSPS) is 19.5. The lowest BCUT2D eigenvalue weighted by Crippen LogP contribution is -2.46. The fourth-order valence-electron chi connectivity index (χ4n) is 4.65. The number of hydrogen-bond donors (Lipinski definition) is 3. The van der Waals surface area contributed by atoms with Crippen LogP contribution in [0.3, 0.4) is 0 Å². The van der Waals surface area contributed by atoms with Crippen molar-refractivity contribution in [2.24, 2.45) is 5.92 Å². The molecule has 38 heavy (non-hydrogen) atoms. The van der Waals surface area contributed by atoms with Crippen LogP contribution in [0.15, 0.2) is 54.7 Å². The largest absolute Gasteiger partial charge is 0.444 e. The van der Waals surface area contributed by atoms with Gasteiger partial charge in [-0.25, -0.2) is 19.2 Å². The number of anilines is 2. The van der Waals surface area contributed by atoms with Gasteiger partial charge in [0.25, 0.3) is 0 Å². The molecule has 1 aliphatic carbocycles. The first kappa shape index (κ1) is 27.6. The van der Waals surface area contributed by atoms with Crippen LogP contribution in [0.25, 0.3) is 11.3 Å². The zero-order valence-corrected chi connectivity index (χ0v) is 23.0. The predicted molar refractivity (Wildman–Crippen MR) is 150 cm³/mol. The van der Waals surface area contributed by atoms with Crippen LogP contribution in [0.2, 0.25) is 5.02 Å². The van der Waals surface area contributed by atoms with E-state index in [1.807, 2.05) is 51.1 Å². The first-order valence-corrected chi connectivity index (χ1v) is 13.3. The highest BCUT2D eigenvalue weighted by Crippen LogP contribution is 2.31. The molecule has 0 unspecified atom stereocenters. The molecule has 1 aromatic carbocycles. The topological polar surface area (TPSA) is 88.2 Å². The van der Waals surface area contributed by atoms with Gasteiger partial charge in [0.2, 0.25) is 0 Å². The summed E-state index contributed by atoms with van der Waals surface area (Å²) in [5.74, 6) is 1.40. The second-order valence-corrected chi connectivity index (χ2v) is 11.2. The van der Waals surface area contributed by atoms with Gasteiger partial charge in [0.1, 0.15) is 23.1 Å². The lowest BCUT2D eigenvalue weighted by Gasteiger charge is -2.35. The Kier molecular flexibility index (Phi) is 8.72. The number of nitrogens with one attached hydrogen (secondary N) is 3. The monoisotopic (exact) mass is 539 g/mol. The van der Waals surface area contributed by atoms with Crippen LogP contribution in [0, 0.1) is 11.7 Å². The standard InChI is InChI=1S/C29H35ClFN5O2/c1-18-13-21(11-12-24(18)36-28(37)38-29(2,3)4)34-27-15-22(23(30)17-33-27)25-9-6-10-26(35-25)32-16-19-7-5-8-20(31)14-19/h5-10,14-15,17-18,21,24H,11-13,16H2,1-4H3,(H,32,35)(H,33,34)(H,36,37)/t18-,21-,24-/m0/s1. The van der Waals surface area contributed by atoms with Crippen LogP contribution >= 0.6 is 11.6 Å². The molecule has 1 saturated carbocycles. The summed E-state index contributed by atoms with van der Waals surface area (Å²) in [4.78, 5) is 21.4. The van der Waals surface area contributed by atoms with Crippen LogP contribution in [0.1, 0.15) is 52.5 Å². The van der Waals surface area contributed by atoms with Gasteiger partial charge in [-0.3, -0.25) is 0 Å². The second-order valence-electron chi connectivity index (χ2n) is 10.8. The molecule has 9 heteroatoms. The maximum absolute atomic E-state index is 13.5. The Morgan fingerprint density at radius 2 is 1.92 bits per heavy atom. The summed E-state index contributed by atoms with van der Waals surface area (Å²) in [6.07, 6.45) is 3.89. The molecule has 202 valence electrons. The van der Waals surface area contributed by atoms with Gasteiger partial charge in [0, 0.05) is 30.4 Å². The summed E-state index contributed by atoms with van der Waals surface area (Å²) >= 11 is 6.51. The summed E-state index contributed by atoms with van der Waals surface area (Å²) in [6, 6.07) is 14.3. The van der Waals surface area contributed by atoms with Crippen LogP contribution in [0.5, 0.6) is 0 Å². The Labute approximate surface area is 228 Å². The minimum Gasteiger partial charge on any atom is -0.444 e. The second kappa shape index (κ2) is 12.0. The maximum atomic E-state index is 13.5. The average Bonchev–Trinajstić information content (AvgIpc) is 2.85.